The van der Waals surface area contributed by atoms with Crippen LogP contribution in [-0.4, -0.2) is 43.0 Å². The molecule has 8 heteroatoms. The lowest BCUT2D eigenvalue weighted by Crippen LogP contribution is -2.47. The maximum atomic E-state index is 13.4. The van der Waals surface area contributed by atoms with Gasteiger partial charge in [-0.2, -0.15) is 4.31 Å². The van der Waals surface area contributed by atoms with E-state index in [9.17, 15) is 13.2 Å². The fraction of sp³-hybridized carbons (Fsp3) is 0.522. The number of nitrogens with one attached hydrogen (secondary N) is 2. The van der Waals surface area contributed by atoms with Crippen LogP contribution in [0.5, 0.6) is 0 Å². The van der Waals surface area contributed by atoms with Gasteiger partial charge in [-0.3, -0.25) is 10.0 Å². The smallest absolute Gasteiger partial charge is 0.261 e. The molecular formula is C23H35N3O4S. The number of amides is 1. The molecule has 3 N–H and O–H groups in total. The van der Waals surface area contributed by atoms with Crippen LogP contribution in [0.25, 0.3) is 10.8 Å². The fourth-order valence-corrected chi connectivity index (χ4v) is 4.91. The third-order valence-electron chi connectivity index (χ3n) is 5.32. The topological polar surface area (TPSA) is 98.7 Å². The van der Waals surface area contributed by atoms with Crippen LogP contribution in [0.2, 0.25) is 0 Å². The fourth-order valence-electron chi connectivity index (χ4n) is 3.27. The summed E-state index contributed by atoms with van der Waals surface area (Å²) in [5.41, 5.74) is 2.50. The molecule has 172 valence electrons. The Kier molecular flexibility index (Phi) is 8.85. The third kappa shape index (κ3) is 6.66. The van der Waals surface area contributed by atoms with Crippen LogP contribution < -0.4 is 10.8 Å². The highest BCUT2D eigenvalue weighted by atomic mass is 32.2. The van der Waals surface area contributed by atoms with E-state index in [4.69, 9.17) is 5.21 Å². The maximum Gasteiger partial charge on any atom is 0.261 e. The zero-order valence-corrected chi connectivity index (χ0v) is 19.9. The summed E-state index contributed by atoms with van der Waals surface area (Å²) in [7, 11) is -3.94. The number of carbonyl (C=O) groups is 1. The molecule has 0 bridgehead atoms. The number of benzene rings is 2. The first-order valence-corrected chi connectivity index (χ1v) is 12.2. The number of carbonyl (C=O) groups excluding carboxylic acids is 1. The molecule has 0 aliphatic rings. The average Bonchev–Trinajstić information content (AvgIpc) is 2.71. The van der Waals surface area contributed by atoms with E-state index in [-0.39, 0.29) is 17.4 Å². The van der Waals surface area contributed by atoms with E-state index in [2.05, 4.69) is 19.2 Å². The molecule has 31 heavy (non-hydrogen) atoms. The molecule has 7 nitrogen and oxygen atoms in total. The Bertz CT molecular complexity index is 989. The van der Waals surface area contributed by atoms with Gasteiger partial charge in [0.15, 0.2) is 0 Å². The van der Waals surface area contributed by atoms with Crippen LogP contribution in [0, 0.1) is 11.8 Å². The van der Waals surface area contributed by atoms with Gasteiger partial charge in [-0.15, -0.1) is 0 Å². The zero-order chi connectivity index (χ0) is 23.2. The highest BCUT2D eigenvalue weighted by molar-refractivity contribution is 7.89. The highest BCUT2D eigenvalue weighted by Crippen LogP contribution is 2.26. The molecule has 0 spiro atoms. The number of rotatable bonds is 11. The van der Waals surface area contributed by atoms with Gasteiger partial charge in [-0.25, -0.2) is 13.9 Å². The van der Waals surface area contributed by atoms with E-state index in [0.29, 0.717) is 12.3 Å². The molecule has 0 aliphatic heterocycles. The van der Waals surface area contributed by atoms with Crippen molar-refractivity contribution < 1.29 is 18.4 Å². The number of hydrogen-bond acceptors (Lipinski definition) is 5. The van der Waals surface area contributed by atoms with Crippen LogP contribution >= 0.6 is 0 Å². The minimum absolute atomic E-state index is 0.126. The molecule has 0 radical (unpaired) electrons. The SMILES string of the molecule is CC(C)CCNc1ccc2ccc(S(=O)(=O)N(CCC(C)C)C(C)C(=O)NO)cc2c1. The van der Waals surface area contributed by atoms with Crippen molar-refractivity contribution in [1.29, 1.82) is 0 Å². The van der Waals surface area contributed by atoms with E-state index in [0.717, 1.165) is 33.7 Å². The molecule has 1 unspecified atom stereocenters. The Morgan fingerprint density at radius 1 is 0.968 bits per heavy atom. The lowest BCUT2D eigenvalue weighted by atomic mass is 10.1. The molecule has 0 saturated heterocycles. The number of anilines is 1. The number of hydroxylamine groups is 1. The number of fused-ring (bicyclic) bond motifs is 1. The number of sulfonamides is 1. The van der Waals surface area contributed by atoms with Crippen LogP contribution in [0.1, 0.15) is 47.5 Å². The molecule has 2 aromatic rings. The van der Waals surface area contributed by atoms with Crippen LogP contribution in [0.4, 0.5) is 5.69 Å². The molecule has 0 aromatic heterocycles. The summed E-state index contributed by atoms with van der Waals surface area (Å²) >= 11 is 0. The van der Waals surface area contributed by atoms with E-state index in [1.807, 2.05) is 32.0 Å². The number of nitrogens with zero attached hydrogens (tertiary/aromatic N) is 1. The highest BCUT2D eigenvalue weighted by Gasteiger charge is 2.33. The van der Waals surface area contributed by atoms with Crippen LogP contribution in [0.3, 0.4) is 0 Å². The second-order valence-electron chi connectivity index (χ2n) is 8.78. The lowest BCUT2D eigenvalue weighted by molar-refractivity contribution is -0.132. The van der Waals surface area contributed by atoms with Crippen molar-refractivity contribution in [3.8, 4) is 0 Å². The van der Waals surface area contributed by atoms with Gasteiger partial charge in [-0.05, 0) is 66.6 Å². The average molecular weight is 450 g/mol. The van der Waals surface area contributed by atoms with Gasteiger partial charge in [0.2, 0.25) is 10.0 Å². The van der Waals surface area contributed by atoms with Crippen molar-refractivity contribution in [3.05, 3.63) is 36.4 Å². The second kappa shape index (κ2) is 10.9. The summed E-state index contributed by atoms with van der Waals surface area (Å²) in [5.74, 6) is 0.0996. The van der Waals surface area contributed by atoms with Gasteiger partial charge in [0.05, 0.1) is 4.90 Å². The molecule has 0 aliphatic carbocycles. The van der Waals surface area contributed by atoms with E-state index in [1.165, 1.54) is 6.92 Å². The predicted octanol–water partition coefficient (Wildman–Crippen LogP) is 4.23. The Labute approximate surface area is 185 Å². The van der Waals surface area contributed by atoms with Gasteiger partial charge >= 0.3 is 0 Å². The Morgan fingerprint density at radius 3 is 2.23 bits per heavy atom. The monoisotopic (exact) mass is 449 g/mol. The van der Waals surface area contributed by atoms with Gasteiger partial charge in [-0.1, -0.05) is 39.8 Å². The standard InChI is InChI=1S/C23H35N3O4S/c1-16(2)10-12-24-21-8-6-19-7-9-22(15-20(19)14-21)31(29,30)26(13-11-17(3)4)18(5)23(27)25-28/h6-9,14-18,24,28H,10-13H2,1-5H3,(H,25,27). The quantitative estimate of drug-likeness (QED) is 0.352. The van der Waals surface area contributed by atoms with Gasteiger partial charge < -0.3 is 5.32 Å². The molecule has 0 saturated carbocycles. The van der Waals surface area contributed by atoms with E-state index >= 15 is 0 Å². The first kappa shape index (κ1) is 25.1. The van der Waals surface area contributed by atoms with Gasteiger partial charge in [0.25, 0.3) is 5.91 Å². The van der Waals surface area contributed by atoms with Crippen LogP contribution in [0.15, 0.2) is 41.3 Å². The normalized spacial score (nSPS) is 13.2. The molecule has 0 heterocycles. The first-order valence-electron chi connectivity index (χ1n) is 10.8. The summed E-state index contributed by atoms with van der Waals surface area (Å²) in [6.45, 7) is 10.8. The summed E-state index contributed by atoms with van der Waals surface area (Å²) < 4.78 is 28.0. The Balaban J connectivity index is 2.38. The molecule has 0 fully saturated rings. The lowest BCUT2D eigenvalue weighted by Gasteiger charge is -2.27. The second-order valence-corrected chi connectivity index (χ2v) is 10.7. The Hall–Kier alpha value is -2.16. The minimum Gasteiger partial charge on any atom is -0.385 e. The largest absolute Gasteiger partial charge is 0.385 e. The number of hydrogen-bond donors (Lipinski definition) is 3. The predicted molar refractivity (Wildman–Crippen MR) is 125 cm³/mol. The summed E-state index contributed by atoms with van der Waals surface area (Å²) in [6, 6.07) is 9.84. The van der Waals surface area contributed by atoms with Gasteiger partial charge in [0, 0.05) is 18.8 Å². The Morgan fingerprint density at radius 2 is 1.61 bits per heavy atom. The van der Waals surface area contributed by atoms with Crippen molar-refractivity contribution in [1.82, 2.24) is 9.79 Å². The summed E-state index contributed by atoms with van der Waals surface area (Å²) in [6.07, 6.45) is 1.64. The van der Waals surface area contributed by atoms with Crippen molar-refractivity contribution in [3.63, 3.8) is 0 Å². The van der Waals surface area contributed by atoms with Crippen molar-refractivity contribution >= 4 is 32.4 Å². The van der Waals surface area contributed by atoms with Crippen molar-refractivity contribution in [2.24, 2.45) is 11.8 Å². The zero-order valence-electron chi connectivity index (χ0n) is 19.1. The van der Waals surface area contributed by atoms with E-state index in [1.54, 1.807) is 23.7 Å². The molecule has 1 amide bonds. The third-order valence-corrected chi connectivity index (χ3v) is 7.28. The van der Waals surface area contributed by atoms with Crippen molar-refractivity contribution in [2.45, 2.75) is 58.4 Å². The molecule has 2 rings (SSSR count). The molecule has 1 atom stereocenters. The van der Waals surface area contributed by atoms with Crippen molar-refractivity contribution in [2.75, 3.05) is 18.4 Å². The van der Waals surface area contributed by atoms with Crippen LogP contribution in [-0.2, 0) is 14.8 Å². The summed E-state index contributed by atoms with van der Waals surface area (Å²) in [5, 5.41) is 14.1. The minimum atomic E-state index is -3.94. The van der Waals surface area contributed by atoms with E-state index < -0.39 is 22.0 Å². The molecule has 2 aromatic carbocycles. The molecular weight excluding hydrogens is 414 g/mol. The maximum absolute atomic E-state index is 13.4. The first-order chi connectivity index (χ1) is 14.6. The van der Waals surface area contributed by atoms with Gasteiger partial charge in [0.1, 0.15) is 6.04 Å². The summed E-state index contributed by atoms with van der Waals surface area (Å²) in [4.78, 5) is 12.1.